The molecule has 0 unspecified atom stereocenters. The van der Waals surface area contributed by atoms with Gasteiger partial charge in [0.2, 0.25) is 5.91 Å². The molecular formula is C20H18F3N3O4S. The van der Waals surface area contributed by atoms with Gasteiger partial charge in [0.15, 0.2) is 10.9 Å². The number of nitrogens with zero attached hydrogens (tertiary/aromatic N) is 2. The number of hydrogen-bond acceptors (Lipinski definition) is 7. The summed E-state index contributed by atoms with van der Waals surface area (Å²) in [6.07, 6.45) is -3.27. The van der Waals surface area contributed by atoms with Crippen LogP contribution in [0.2, 0.25) is 0 Å². The molecule has 2 aromatic heterocycles. The number of benzene rings is 1. The second kappa shape index (κ2) is 9.73. The van der Waals surface area contributed by atoms with Crippen LogP contribution in [0.3, 0.4) is 0 Å². The van der Waals surface area contributed by atoms with Gasteiger partial charge in [0.25, 0.3) is 0 Å². The van der Waals surface area contributed by atoms with Crippen LogP contribution in [-0.4, -0.2) is 35.8 Å². The minimum Gasteiger partial charge on any atom is -0.497 e. The Balaban J connectivity index is 1.66. The van der Waals surface area contributed by atoms with E-state index in [1.54, 1.807) is 24.3 Å². The lowest BCUT2D eigenvalue weighted by molar-refractivity contribution is -0.141. The van der Waals surface area contributed by atoms with Gasteiger partial charge >= 0.3 is 6.18 Å². The van der Waals surface area contributed by atoms with Crippen molar-refractivity contribution < 1.29 is 31.9 Å². The summed E-state index contributed by atoms with van der Waals surface area (Å²) in [5.41, 5.74) is -0.611. The van der Waals surface area contributed by atoms with Crippen LogP contribution in [-0.2, 0) is 11.0 Å². The first-order valence-corrected chi connectivity index (χ1v) is 9.93. The maximum atomic E-state index is 13.2. The lowest BCUT2D eigenvalue weighted by Crippen LogP contribution is -2.13. The van der Waals surface area contributed by atoms with Crippen LogP contribution in [0.1, 0.15) is 12.1 Å². The Morgan fingerprint density at radius 2 is 1.97 bits per heavy atom. The second-order valence-corrected chi connectivity index (χ2v) is 7.17. The summed E-state index contributed by atoms with van der Waals surface area (Å²) < 4.78 is 55.0. The number of carbonyl (C=O) groups excluding carboxylic acids is 1. The summed E-state index contributed by atoms with van der Waals surface area (Å²) in [7, 11) is 2.97. The number of ether oxygens (including phenoxy) is 2. The molecule has 1 N–H and O–H groups in total. The van der Waals surface area contributed by atoms with Crippen LogP contribution < -0.4 is 14.8 Å². The number of nitrogens with one attached hydrogen (secondary N) is 1. The highest BCUT2D eigenvalue weighted by molar-refractivity contribution is 7.99. The first kappa shape index (κ1) is 22.5. The molecule has 3 rings (SSSR count). The molecule has 1 amide bonds. The summed E-state index contributed by atoms with van der Waals surface area (Å²) in [5, 5.41) is 2.60. The average molecular weight is 453 g/mol. The number of halogens is 3. The number of rotatable bonds is 8. The van der Waals surface area contributed by atoms with Gasteiger partial charge in [0.05, 0.1) is 26.2 Å². The second-order valence-electron chi connectivity index (χ2n) is 6.11. The van der Waals surface area contributed by atoms with Gasteiger partial charge in [0.1, 0.15) is 22.9 Å². The van der Waals surface area contributed by atoms with E-state index in [4.69, 9.17) is 13.9 Å². The van der Waals surface area contributed by atoms with Crippen molar-refractivity contribution in [2.45, 2.75) is 17.8 Å². The molecule has 31 heavy (non-hydrogen) atoms. The fraction of sp³-hybridized carbons (Fsp3) is 0.250. The number of carbonyl (C=O) groups is 1. The van der Waals surface area contributed by atoms with Crippen LogP contribution in [0.25, 0.3) is 11.5 Å². The van der Waals surface area contributed by atoms with Crippen LogP contribution in [0, 0.1) is 0 Å². The van der Waals surface area contributed by atoms with Gasteiger partial charge in [0, 0.05) is 18.2 Å². The summed E-state index contributed by atoms with van der Waals surface area (Å²) in [6.45, 7) is 0. The predicted molar refractivity (Wildman–Crippen MR) is 108 cm³/mol. The van der Waals surface area contributed by atoms with Crippen molar-refractivity contribution in [3.05, 3.63) is 48.4 Å². The van der Waals surface area contributed by atoms with E-state index in [1.807, 2.05) is 0 Å². The molecule has 11 heteroatoms. The third-order valence-electron chi connectivity index (χ3n) is 4.01. The van der Waals surface area contributed by atoms with E-state index >= 15 is 0 Å². The Kier molecular flexibility index (Phi) is 7.06. The van der Waals surface area contributed by atoms with Crippen molar-refractivity contribution in [2.24, 2.45) is 0 Å². The number of amides is 1. The van der Waals surface area contributed by atoms with Gasteiger partial charge in [-0.25, -0.2) is 9.97 Å². The van der Waals surface area contributed by atoms with E-state index in [-0.39, 0.29) is 34.7 Å². The lowest BCUT2D eigenvalue weighted by atomic mass is 10.2. The third kappa shape index (κ3) is 5.91. The Morgan fingerprint density at radius 3 is 2.61 bits per heavy atom. The maximum absolute atomic E-state index is 13.2. The monoisotopic (exact) mass is 453 g/mol. The molecule has 2 heterocycles. The zero-order chi connectivity index (χ0) is 22.4. The molecule has 0 saturated heterocycles. The molecule has 0 spiro atoms. The molecule has 0 saturated carbocycles. The minimum absolute atomic E-state index is 0.0160. The molecule has 3 aromatic rings. The number of hydrogen-bond donors (Lipinski definition) is 1. The molecular weight excluding hydrogens is 435 g/mol. The van der Waals surface area contributed by atoms with E-state index in [2.05, 4.69) is 15.3 Å². The predicted octanol–water partition coefficient (Wildman–Crippen LogP) is 4.89. The smallest absolute Gasteiger partial charge is 0.433 e. The molecule has 0 fully saturated rings. The first-order valence-electron chi connectivity index (χ1n) is 8.95. The fourth-order valence-corrected chi connectivity index (χ4v) is 3.33. The van der Waals surface area contributed by atoms with E-state index < -0.39 is 11.9 Å². The quantitative estimate of drug-likeness (QED) is 0.384. The maximum Gasteiger partial charge on any atom is 0.433 e. The van der Waals surface area contributed by atoms with Crippen molar-refractivity contribution in [1.29, 1.82) is 0 Å². The molecule has 0 aliphatic rings. The summed E-state index contributed by atoms with van der Waals surface area (Å²) in [6, 6.07) is 8.80. The van der Waals surface area contributed by atoms with E-state index in [0.29, 0.717) is 17.2 Å². The highest BCUT2D eigenvalue weighted by Gasteiger charge is 2.34. The Morgan fingerprint density at radius 1 is 1.16 bits per heavy atom. The van der Waals surface area contributed by atoms with Gasteiger partial charge in [-0.15, -0.1) is 0 Å². The number of thioether (sulfide) groups is 1. The van der Waals surface area contributed by atoms with Crippen LogP contribution in [0.5, 0.6) is 11.5 Å². The average Bonchev–Trinajstić information content (AvgIpc) is 3.28. The highest BCUT2D eigenvalue weighted by atomic mass is 32.2. The summed E-state index contributed by atoms with van der Waals surface area (Å²) in [4.78, 5) is 19.9. The Labute approximate surface area is 180 Å². The van der Waals surface area contributed by atoms with Crippen LogP contribution >= 0.6 is 11.8 Å². The van der Waals surface area contributed by atoms with E-state index in [0.717, 1.165) is 17.8 Å². The van der Waals surface area contributed by atoms with Crippen molar-refractivity contribution in [3.63, 3.8) is 0 Å². The number of furan rings is 1. The molecule has 164 valence electrons. The normalized spacial score (nSPS) is 11.3. The number of methoxy groups -OCH3 is 2. The minimum atomic E-state index is -4.64. The van der Waals surface area contributed by atoms with Gasteiger partial charge in [-0.2, -0.15) is 13.2 Å². The molecule has 0 bridgehead atoms. The zero-order valence-electron chi connectivity index (χ0n) is 16.5. The van der Waals surface area contributed by atoms with Crippen molar-refractivity contribution in [3.8, 4) is 23.0 Å². The number of anilines is 1. The summed E-state index contributed by atoms with van der Waals surface area (Å²) >= 11 is 0.941. The molecule has 0 atom stereocenters. The lowest BCUT2D eigenvalue weighted by Gasteiger charge is -2.12. The topological polar surface area (TPSA) is 86.5 Å². The van der Waals surface area contributed by atoms with E-state index in [9.17, 15) is 18.0 Å². The standard InChI is InChI=1S/C20H18F3N3O4S/c1-28-12-5-6-13(16(10-12)29-2)24-18(27)7-9-31-19-25-14(15-4-3-8-30-15)11-17(26-19)20(21,22)23/h3-6,8,10-11H,7,9H2,1-2H3,(H,24,27). The van der Waals surface area contributed by atoms with Gasteiger partial charge in [-0.1, -0.05) is 11.8 Å². The van der Waals surface area contributed by atoms with Crippen molar-refractivity contribution in [1.82, 2.24) is 9.97 Å². The SMILES string of the molecule is COc1ccc(NC(=O)CCSc2nc(-c3ccco3)cc(C(F)(F)F)n2)c(OC)c1. The largest absolute Gasteiger partial charge is 0.497 e. The Hall–Kier alpha value is -3.21. The molecule has 1 aromatic carbocycles. The van der Waals surface area contributed by atoms with Crippen LogP contribution in [0.4, 0.5) is 18.9 Å². The van der Waals surface area contributed by atoms with Crippen LogP contribution in [0.15, 0.2) is 52.2 Å². The zero-order valence-corrected chi connectivity index (χ0v) is 17.3. The highest BCUT2D eigenvalue weighted by Crippen LogP contribution is 2.32. The first-order chi connectivity index (χ1) is 14.8. The van der Waals surface area contributed by atoms with Gasteiger partial charge in [-0.3, -0.25) is 4.79 Å². The number of alkyl halides is 3. The molecule has 0 radical (unpaired) electrons. The molecule has 0 aliphatic heterocycles. The molecule has 7 nitrogen and oxygen atoms in total. The van der Waals surface area contributed by atoms with Gasteiger partial charge < -0.3 is 19.2 Å². The van der Waals surface area contributed by atoms with E-state index in [1.165, 1.54) is 26.5 Å². The summed E-state index contributed by atoms with van der Waals surface area (Å²) in [5.74, 6) is 1.01. The number of aromatic nitrogens is 2. The Bertz CT molecular complexity index is 1040. The van der Waals surface area contributed by atoms with Crippen molar-refractivity contribution >= 4 is 23.4 Å². The fourth-order valence-electron chi connectivity index (χ4n) is 2.53. The molecule has 0 aliphatic carbocycles. The third-order valence-corrected chi connectivity index (χ3v) is 4.86. The van der Waals surface area contributed by atoms with Gasteiger partial charge in [-0.05, 0) is 30.3 Å². The van der Waals surface area contributed by atoms with Crippen molar-refractivity contribution in [2.75, 3.05) is 25.3 Å².